The van der Waals surface area contributed by atoms with Gasteiger partial charge < -0.3 is 29.6 Å². The topological polar surface area (TPSA) is 110 Å². The van der Waals surface area contributed by atoms with E-state index in [2.05, 4.69) is 5.32 Å². The van der Waals surface area contributed by atoms with Crippen LogP contribution in [0.2, 0.25) is 0 Å². The van der Waals surface area contributed by atoms with Crippen molar-refractivity contribution in [2.75, 3.05) is 19.5 Å². The normalized spacial score (nSPS) is 15.3. The van der Waals surface area contributed by atoms with Crippen molar-refractivity contribution < 1.29 is 29.3 Å². The minimum absolute atomic E-state index is 0.00314. The predicted octanol–water partition coefficient (Wildman–Crippen LogP) is 3.37. The zero-order chi connectivity index (χ0) is 21.4. The van der Waals surface area contributed by atoms with Crippen molar-refractivity contribution in [1.82, 2.24) is 4.57 Å². The number of ether oxygens (including phenoxy) is 2. The molecule has 0 aliphatic carbocycles. The van der Waals surface area contributed by atoms with E-state index in [4.69, 9.17) is 9.47 Å². The van der Waals surface area contributed by atoms with Crippen LogP contribution in [0.1, 0.15) is 34.0 Å². The molecule has 8 nitrogen and oxygen atoms in total. The van der Waals surface area contributed by atoms with Gasteiger partial charge in [0.05, 0.1) is 25.6 Å². The largest absolute Gasteiger partial charge is 0.504 e. The molecule has 8 heteroatoms. The summed E-state index contributed by atoms with van der Waals surface area (Å²) in [6, 6.07) is 12.1. The third-order valence-corrected chi connectivity index (χ3v) is 5.20. The van der Waals surface area contributed by atoms with E-state index < -0.39 is 11.9 Å². The molecule has 0 spiro atoms. The fraction of sp³-hybridized carbons (Fsp3) is 0.182. The average molecular weight is 408 g/mol. The molecule has 0 saturated heterocycles. The molecule has 2 aromatic carbocycles. The van der Waals surface area contributed by atoms with Crippen LogP contribution in [-0.2, 0) is 4.79 Å². The lowest BCUT2D eigenvalue weighted by atomic mass is 9.88. The molecule has 1 amide bonds. The first-order valence-electron chi connectivity index (χ1n) is 9.22. The lowest BCUT2D eigenvalue weighted by molar-refractivity contribution is -0.116. The summed E-state index contributed by atoms with van der Waals surface area (Å²) in [5.74, 6) is -0.992. The first kappa shape index (κ1) is 19.4. The van der Waals surface area contributed by atoms with Gasteiger partial charge in [0.2, 0.25) is 5.91 Å². The van der Waals surface area contributed by atoms with Crippen LogP contribution in [0.3, 0.4) is 0 Å². The zero-order valence-corrected chi connectivity index (χ0v) is 16.4. The van der Waals surface area contributed by atoms with Crippen LogP contribution in [0.5, 0.6) is 17.2 Å². The number of carboxylic acids is 1. The summed E-state index contributed by atoms with van der Waals surface area (Å²) >= 11 is 0. The SMILES string of the molecule is COc1cccc(-n2cc(C(=O)O)c3c2[C@H](c2ccc(O)c(OC)c2)CC(=O)N3)c1. The molecule has 30 heavy (non-hydrogen) atoms. The molecule has 0 radical (unpaired) electrons. The van der Waals surface area contributed by atoms with Gasteiger partial charge in [-0.1, -0.05) is 12.1 Å². The van der Waals surface area contributed by atoms with Gasteiger partial charge in [-0.2, -0.15) is 0 Å². The van der Waals surface area contributed by atoms with Gasteiger partial charge in [-0.3, -0.25) is 4.79 Å². The van der Waals surface area contributed by atoms with Crippen molar-refractivity contribution in [2.45, 2.75) is 12.3 Å². The molecule has 4 rings (SSSR count). The van der Waals surface area contributed by atoms with Gasteiger partial charge in [-0.05, 0) is 29.8 Å². The maximum atomic E-state index is 12.4. The highest BCUT2D eigenvalue weighted by Crippen LogP contribution is 2.43. The van der Waals surface area contributed by atoms with E-state index in [0.29, 0.717) is 17.1 Å². The summed E-state index contributed by atoms with van der Waals surface area (Å²) in [5.41, 5.74) is 2.31. The number of hydrogen-bond donors (Lipinski definition) is 3. The second-order valence-electron chi connectivity index (χ2n) is 6.92. The summed E-state index contributed by atoms with van der Waals surface area (Å²) in [6.45, 7) is 0. The molecule has 1 aromatic heterocycles. The van der Waals surface area contributed by atoms with Crippen LogP contribution in [0.15, 0.2) is 48.7 Å². The number of nitrogens with one attached hydrogen (secondary N) is 1. The highest BCUT2D eigenvalue weighted by atomic mass is 16.5. The number of methoxy groups -OCH3 is 2. The van der Waals surface area contributed by atoms with Gasteiger partial charge >= 0.3 is 5.97 Å². The number of amides is 1. The van der Waals surface area contributed by atoms with Crippen LogP contribution in [-0.4, -0.2) is 40.9 Å². The molecule has 0 bridgehead atoms. The van der Waals surface area contributed by atoms with Crippen LogP contribution >= 0.6 is 0 Å². The van der Waals surface area contributed by atoms with Crippen LogP contribution in [0.25, 0.3) is 5.69 Å². The molecule has 1 aliphatic rings. The highest BCUT2D eigenvalue weighted by molar-refractivity contribution is 6.04. The third kappa shape index (κ3) is 3.22. The summed E-state index contributed by atoms with van der Waals surface area (Å²) in [7, 11) is 3.00. The Kier molecular flexibility index (Phi) is 4.83. The monoisotopic (exact) mass is 408 g/mol. The number of hydrogen-bond acceptors (Lipinski definition) is 5. The zero-order valence-electron chi connectivity index (χ0n) is 16.4. The number of nitrogens with zero attached hydrogens (tertiary/aromatic N) is 1. The van der Waals surface area contributed by atoms with Crippen molar-refractivity contribution in [3.05, 3.63) is 65.5 Å². The highest BCUT2D eigenvalue weighted by Gasteiger charge is 2.34. The number of aromatic carboxylic acids is 1. The molecule has 3 N–H and O–H groups in total. The predicted molar refractivity (Wildman–Crippen MR) is 109 cm³/mol. The number of carbonyl (C=O) groups is 2. The summed E-state index contributed by atoms with van der Waals surface area (Å²) in [6.07, 6.45) is 1.62. The summed E-state index contributed by atoms with van der Waals surface area (Å²) < 4.78 is 12.3. The van der Waals surface area contributed by atoms with Gasteiger partial charge in [-0.25, -0.2) is 4.79 Å². The molecule has 0 saturated carbocycles. The Hall–Kier alpha value is -3.94. The van der Waals surface area contributed by atoms with Crippen LogP contribution < -0.4 is 14.8 Å². The Balaban J connectivity index is 1.96. The maximum absolute atomic E-state index is 12.4. The number of aromatic nitrogens is 1. The first-order chi connectivity index (χ1) is 14.4. The maximum Gasteiger partial charge on any atom is 0.339 e. The number of benzene rings is 2. The van der Waals surface area contributed by atoms with Gasteiger partial charge in [0, 0.05) is 30.3 Å². The molecule has 2 heterocycles. The lowest BCUT2D eigenvalue weighted by Crippen LogP contribution is -2.25. The van der Waals surface area contributed by atoms with E-state index in [0.717, 1.165) is 5.56 Å². The molecule has 0 unspecified atom stereocenters. The second kappa shape index (κ2) is 7.47. The number of fused-ring (bicyclic) bond motifs is 1. The molecule has 0 fully saturated rings. The number of phenolic OH excluding ortho intramolecular Hbond substituents is 1. The Morgan fingerprint density at radius 3 is 2.67 bits per heavy atom. The quantitative estimate of drug-likeness (QED) is 0.597. The number of carboxylic acid groups (broad SMARTS) is 1. The third-order valence-electron chi connectivity index (χ3n) is 5.20. The molecular weight excluding hydrogens is 388 g/mol. The number of anilines is 1. The Labute approximate surface area is 172 Å². The van der Waals surface area contributed by atoms with Crippen LogP contribution in [0, 0.1) is 0 Å². The van der Waals surface area contributed by atoms with Gasteiger partial charge in [0.25, 0.3) is 0 Å². The Morgan fingerprint density at radius 1 is 1.17 bits per heavy atom. The summed E-state index contributed by atoms with van der Waals surface area (Å²) in [4.78, 5) is 24.3. The van der Waals surface area contributed by atoms with Gasteiger partial charge in [0.1, 0.15) is 11.3 Å². The standard InChI is InChI=1S/C22H20N2O6/c1-29-14-5-3-4-13(9-14)24-11-16(22(27)28)20-21(24)15(10-19(26)23-20)12-6-7-17(25)18(8-12)30-2/h3-9,11,15,25H,10H2,1-2H3,(H,23,26)(H,27,28)/t15-/m0/s1. The van der Waals surface area contributed by atoms with Crippen molar-refractivity contribution in [3.63, 3.8) is 0 Å². The number of rotatable bonds is 5. The fourth-order valence-corrected chi connectivity index (χ4v) is 3.79. The van der Waals surface area contributed by atoms with Crippen molar-refractivity contribution in [1.29, 1.82) is 0 Å². The van der Waals surface area contributed by atoms with E-state index in [9.17, 15) is 19.8 Å². The molecule has 1 aliphatic heterocycles. The van der Waals surface area contributed by atoms with Gasteiger partial charge in [-0.15, -0.1) is 0 Å². The molecule has 3 aromatic rings. The van der Waals surface area contributed by atoms with Crippen molar-refractivity contribution >= 4 is 17.6 Å². The van der Waals surface area contributed by atoms with Crippen LogP contribution in [0.4, 0.5) is 5.69 Å². The fourth-order valence-electron chi connectivity index (χ4n) is 3.79. The second-order valence-corrected chi connectivity index (χ2v) is 6.92. The van der Waals surface area contributed by atoms with Gasteiger partial charge in [0.15, 0.2) is 11.5 Å². The molecular formula is C22H20N2O6. The van der Waals surface area contributed by atoms with E-state index in [1.807, 2.05) is 6.07 Å². The van der Waals surface area contributed by atoms with E-state index in [1.165, 1.54) is 19.4 Å². The summed E-state index contributed by atoms with van der Waals surface area (Å²) in [5, 5.41) is 22.4. The Morgan fingerprint density at radius 2 is 1.97 bits per heavy atom. The molecule has 154 valence electrons. The average Bonchev–Trinajstić information content (AvgIpc) is 3.13. The number of aromatic hydroxyl groups is 1. The number of phenols is 1. The van der Waals surface area contributed by atoms with E-state index >= 15 is 0 Å². The minimum Gasteiger partial charge on any atom is -0.504 e. The first-order valence-corrected chi connectivity index (χ1v) is 9.22. The smallest absolute Gasteiger partial charge is 0.339 e. The van der Waals surface area contributed by atoms with E-state index in [-0.39, 0.29) is 35.1 Å². The minimum atomic E-state index is -1.14. The molecule has 1 atom stereocenters. The van der Waals surface area contributed by atoms with E-state index in [1.54, 1.807) is 42.0 Å². The van der Waals surface area contributed by atoms with Crippen molar-refractivity contribution in [2.24, 2.45) is 0 Å². The number of carbonyl (C=O) groups excluding carboxylic acids is 1. The Bertz CT molecular complexity index is 1150. The van der Waals surface area contributed by atoms with Crippen molar-refractivity contribution in [3.8, 4) is 22.9 Å². The lowest BCUT2D eigenvalue weighted by Gasteiger charge is -2.26.